The zero-order valence-electron chi connectivity index (χ0n) is 22.3. The Hall–Kier alpha value is -1.46. The third kappa shape index (κ3) is 4.92. The van der Waals surface area contributed by atoms with E-state index in [2.05, 4.69) is 86.6 Å². The Morgan fingerprint density at radius 3 is 2.03 bits per heavy atom. The first-order valence-corrected chi connectivity index (χ1v) is 12.9. The van der Waals surface area contributed by atoms with Crippen LogP contribution in [-0.4, -0.2) is 54.7 Å². The standard InChI is InChI=1S/C29H41N3O.2ClH/c1-20-21(2)27-25(28(29(5,6)33-27)32-14-10-11-15-32)22(3)26(20)31-18-16-30(17-19-31)23(4)24-12-8-7-9-13-24;;/h7-9,12-13,23,28H,10-11,14-19H2,1-6H3;2*1H. The fourth-order valence-corrected chi connectivity index (χ4v) is 6.63. The molecule has 2 fully saturated rings. The first kappa shape index (κ1) is 28.1. The highest BCUT2D eigenvalue weighted by molar-refractivity contribution is 5.85. The molecule has 2 atom stereocenters. The maximum Gasteiger partial charge on any atom is 0.128 e. The fourth-order valence-electron chi connectivity index (χ4n) is 6.63. The average Bonchev–Trinajstić information content (AvgIpc) is 3.43. The minimum atomic E-state index is -0.183. The summed E-state index contributed by atoms with van der Waals surface area (Å²) in [5, 5.41) is 0. The van der Waals surface area contributed by atoms with Gasteiger partial charge in [-0.05, 0) is 89.7 Å². The van der Waals surface area contributed by atoms with E-state index in [0.29, 0.717) is 12.1 Å². The van der Waals surface area contributed by atoms with Gasteiger partial charge in [-0.15, -0.1) is 24.8 Å². The zero-order valence-corrected chi connectivity index (χ0v) is 23.9. The molecule has 0 amide bonds. The Balaban J connectivity index is 0.00000171. The minimum Gasteiger partial charge on any atom is -0.485 e. The summed E-state index contributed by atoms with van der Waals surface area (Å²) in [6.45, 7) is 20.6. The van der Waals surface area contributed by atoms with Crippen LogP contribution in [0.3, 0.4) is 0 Å². The van der Waals surface area contributed by atoms with Crippen LogP contribution in [-0.2, 0) is 0 Å². The van der Waals surface area contributed by atoms with Gasteiger partial charge in [-0.25, -0.2) is 0 Å². The van der Waals surface area contributed by atoms with Crippen molar-refractivity contribution in [1.29, 1.82) is 0 Å². The predicted molar refractivity (Wildman–Crippen MR) is 152 cm³/mol. The van der Waals surface area contributed by atoms with E-state index in [1.807, 2.05) is 0 Å². The summed E-state index contributed by atoms with van der Waals surface area (Å²) in [7, 11) is 0. The number of hydrogen-bond acceptors (Lipinski definition) is 4. The number of piperazine rings is 1. The highest BCUT2D eigenvalue weighted by Crippen LogP contribution is 2.53. The van der Waals surface area contributed by atoms with Gasteiger partial charge < -0.3 is 9.64 Å². The van der Waals surface area contributed by atoms with E-state index in [-0.39, 0.29) is 30.4 Å². The molecule has 2 saturated heterocycles. The van der Waals surface area contributed by atoms with Crippen LogP contribution < -0.4 is 9.64 Å². The maximum absolute atomic E-state index is 6.68. The number of anilines is 1. The molecule has 0 spiro atoms. The van der Waals surface area contributed by atoms with Gasteiger partial charge in [0.25, 0.3) is 0 Å². The number of fused-ring (bicyclic) bond motifs is 1. The SMILES string of the molecule is Cc1c(C)c(N2CCN(C(C)c3ccccc3)CC2)c(C)c2c1OC(C)(C)C2N1CCCC1.Cl.Cl. The van der Waals surface area contributed by atoms with E-state index in [0.717, 1.165) is 31.9 Å². The van der Waals surface area contributed by atoms with Crippen LogP contribution in [0.4, 0.5) is 5.69 Å². The number of ether oxygens (including phenoxy) is 1. The molecule has 6 heteroatoms. The van der Waals surface area contributed by atoms with E-state index in [1.165, 1.54) is 59.4 Å². The second-order valence-electron chi connectivity index (χ2n) is 10.9. The van der Waals surface area contributed by atoms with Crippen molar-refractivity contribution in [1.82, 2.24) is 9.80 Å². The van der Waals surface area contributed by atoms with Crippen molar-refractivity contribution in [3.8, 4) is 5.75 Å². The molecule has 35 heavy (non-hydrogen) atoms. The molecule has 0 aromatic heterocycles. The Morgan fingerprint density at radius 1 is 0.829 bits per heavy atom. The number of halogens is 2. The number of nitrogens with zero attached hydrogens (tertiary/aromatic N) is 3. The summed E-state index contributed by atoms with van der Waals surface area (Å²) < 4.78 is 6.68. The smallest absolute Gasteiger partial charge is 0.128 e. The van der Waals surface area contributed by atoms with Crippen molar-refractivity contribution < 1.29 is 4.74 Å². The Bertz CT molecular complexity index is 1010. The summed E-state index contributed by atoms with van der Waals surface area (Å²) in [5.41, 5.74) is 8.33. The average molecular weight is 521 g/mol. The van der Waals surface area contributed by atoms with E-state index < -0.39 is 0 Å². The Labute approximate surface area is 224 Å². The Kier molecular flexibility index (Phi) is 8.74. The van der Waals surface area contributed by atoms with Gasteiger partial charge in [0.05, 0.1) is 6.04 Å². The molecule has 194 valence electrons. The second kappa shape index (κ2) is 10.9. The zero-order chi connectivity index (χ0) is 23.3. The van der Waals surface area contributed by atoms with Gasteiger partial charge in [0.1, 0.15) is 11.4 Å². The maximum atomic E-state index is 6.68. The quantitative estimate of drug-likeness (QED) is 0.450. The molecule has 0 aliphatic carbocycles. The molecular weight excluding hydrogens is 477 g/mol. The van der Waals surface area contributed by atoms with E-state index in [1.54, 1.807) is 0 Å². The first-order valence-electron chi connectivity index (χ1n) is 12.9. The third-order valence-corrected chi connectivity index (χ3v) is 8.53. The van der Waals surface area contributed by atoms with Crippen molar-refractivity contribution in [2.24, 2.45) is 0 Å². The number of rotatable bonds is 4. The van der Waals surface area contributed by atoms with Gasteiger partial charge in [0.2, 0.25) is 0 Å². The lowest BCUT2D eigenvalue weighted by atomic mass is 9.86. The van der Waals surface area contributed by atoms with Crippen LogP contribution in [0, 0.1) is 20.8 Å². The minimum absolute atomic E-state index is 0. The van der Waals surface area contributed by atoms with E-state index in [9.17, 15) is 0 Å². The molecule has 3 aliphatic heterocycles. The van der Waals surface area contributed by atoms with E-state index in [4.69, 9.17) is 4.74 Å². The van der Waals surface area contributed by atoms with Crippen LogP contribution in [0.5, 0.6) is 5.75 Å². The molecule has 0 radical (unpaired) electrons. The van der Waals surface area contributed by atoms with E-state index >= 15 is 0 Å². The summed E-state index contributed by atoms with van der Waals surface area (Å²) in [5.74, 6) is 1.16. The van der Waals surface area contributed by atoms with Crippen molar-refractivity contribution in [3.63, 3.8) is 0 Å². The molecule has 2 aromatic carbocycles. The van der Waals surface area contributed by atoms with Crippen molar-refractivity contribution in [2.75, 3.05) is 44.2 Å². The van der Waals surface area contributed by atoms with Gasteiger partial charge in [0.15, 0.2) is 0 Å². The Morgan fingerprint density at radius 2 is 1.43 bits per heavy atom. The van der Waals surface area contributed by atoms with Crippen LogP contribution in [0.25, 0.3) is 0 Å². The third-order valence-electron chi connectivity index (χ3n) is 8.53. The summed E-state index contributed by atoms with van der Waals surface area (Å²) in [4.78, 5) is 7.96. The monoisotopic (exact) mass is 519 g/mol. The molecule has 0 N–H and O–H groups in total. The van der Waals surface area contributed by atoms with Crippen LogP contribution in [0.1, 0.15) is 73.5 Å². The second-order valence-corrected chi connectivity index (χ2v) is 10.9. The number of benzene rings is 2. The van der Waals surface area contributed by atoms with Gasteiger partial charge in [-0.2, -0.15) is 0 Å². The molecule has 3 heterocycles. The highest BCUT2D eigenvalue weighted by Gasteiger charge is 2.47. The molecular formula is C29H43Cl2N3O. The molecule has 2 unspecified atom stereocenters. The lowest BCUT2D eigenvalue weighted by Gasteiger charge is -2.41. The van der Waals surface area contributed by atoms with Gasteiger partial charge >= 0.3 is 0 Å². The van der Waals surface area contributed by atoms with Crippen LogP contribution >= 0.6 is 24.8 Å². The summed E-state index contributed by atoms with van der Waals surface area (Å²) >= 11 is 0. The van der Waals surface area contributed by atoms with Gasteiger partial charge in [-0.3, -0.25) is 9.80 Å². The lowest BCUT2D eigenvalue weighted by molar-refractivity contribution is 0.0396. The van der Waals surface area contributed by atoms with Crippen molar-refractivity contribution in [2.45, 2.75) is 72.1 Å². The first-order chi connectivity index (χ1) is 15.8. The highest BCUT2D eigenvalue weighted by atomic mass is 35.5. The molecule has 2 aromatic rings. The number of likely N-dealkylation sites (tertiary alicyclic amines) is 1. The molecule has 5 rings (SSSR count). The summed E-state index contributed by atoms with van der Waals surface area (Å²) in [6, 6.07) is 11.8. The molecule has 4 nitrogen and oxygen atoms in total. The van der Waals surface area contributed by atoms with Gasteiger partial charge in [-0.1, -0.05) is 30.3 Å². The topological polar surface area (TPSA) is 19.0 Å². The number of hydrogen-bond donors (Lipinski definition) is 0. The lowest BCUT2D eigenvalue weighted by Crippen LogP contribution is -2.47. The fraction of sp³-hybridized carbons (Fsp3) is 0.586. The van der Waals surface area contributed by atoms with Crippen LogP contribution in [0.15, 0.2) is 30.3 Å². The predicted octanol–water partition coefficient (Wildman–Crippen LogP) is 6.65. The summed E-state index contributed by atoms with van der Waals surface area (Å²) in [6.07, 6.45) is 2.61. The largest absolute Gasteiger partial charge is 0.485 e. The normalized spacial score (nSPS) is 22.7. The molecule has 0 bridgehead atoms. The molecule has 3 aliphatic rings. The van der Waals surface area contributed by atoms with Crippen molar-refractivity contribution >= 4 is 30.5 Å². The molecule has 0 saturated carbocycles. The van der Waals surface area contributed by atoms with Crippen LogP contribution in [0.2, 0.25) is 0 Å². The van der Waals surface area contributed by atoms with Crippen molar-refractivity contribution in [3.05, 3.63) is 58.1 Å². The van der Waals surface area contributed by atoms with Gasteiger partial charge in [0, 0.05) is 43.5 Å².